The van der Waals surface area contributed by atoms with E-state index >= 15 is 0 Å². The zero-order chi connectivity index (χ0) is 18.1. The second-order valence-corrected chi connectivity index (χ2v) is 5.10. The molecule has 0 unspecified atom stereocenters. The number of carbonyl (C=O) groups is 2. The minimum absolute atomic E-state index is 0.0950. The second-order valence-electron chi connectivity index (χ2n) is 5.10. The number of fused-ring (bicyclic) bond motifs is 1. The predicted octanol–water partition coefficient (Wildman–Crippen LogP) is -0.128. The molecular formula is C13H12FN3O8. The summed E-state index contributed by atoms with van der Waals surface area (Å²) >= 11 is 0. The SMILES string of the molecule is C=C(F)C(=O)OC[C@H]1O[C@@H](n2ccc(NO)nc2=O)[C@@H]2OC(=O)O[C@@H]21. The third-order valence-electron chi connectivity index (χ3n) is 3.57. The highest BCUT2D eigenvalue weighted by Gasteiger charge is 2.55. The smallest absolute Gasteiger partial charge is 0.458 e. The Hall–Kier alpha value is -2.99. The normalized spacial score (nSPS) is 27.2. The van der Waals surface area contributed by atoms with E-state index < -0.39 is 54.8 Å². The van der Waals surface area contributed by atoms with Crippen molar-refractivity contribution in [2.45, 2.75) is 24.5 Å². The molecule has 0 saturated carbocycles. The first-order valence-corrected chi connectivity index (χ1v) is 6.94. The van der Waals surface area contributed by atoms with Gasteiger partial charge in [0.15, 0.2) is 24.3 Å². The molecule has 3 rings (SSSR count). The molecule has 2 N–H and O–H groups in total. The van der Waals surface area contributed by atoms with Crippen molar-refractivity contribution in [2.24, 2.45) is 0 Å². The van der Waals surface area contributed by atoms with Crippen molar-refractivity contribution < 1.29 is 38.1 Å². The minimum atomic E-state index is -1.29. The van der Waals surface area contributed by atoms with Crippen molar-refractivity contribution in [1.82, 2.24) is 9.55 Å². The van der Waals surface area contributed by atoms with Crippen LogP contribution in [0.15, 0.2) is 29.5 Å². The van der Waals surface area contributed by atoms with Gasteiger partial charge < -0.3 is 18.9 Å². The molecule has 4 atom stereocenters. The molecule has 134 valence electrons. The fraction of sp³-hybridized carbons (Fsp3) is 0.385. The third kappa shape index (κ3) is 3.16. The Morgan fingerprint density at radius 2 is 2.16 bits per heavy atom. The molecule has 1 aromatic rings. The second kappa shape index (κ2) is 6.49. The predicted molar refractivity (Wildman–Crippen MR) is 74.2 cm³/mol. The molecule has 1 aromatic heterocycles. The summed E-state index contributed by atoms with van der Waals surface area (Å²) in [6.45, 7) is 2.35. The van der Waals surface area contributed by atoms with E-state index in [9.17, 15) is 18.8 Å². The molecule has 2 aliphatic heterocycles. The van der Waals surface area contributed by atoms with E-state index in [0.717, 1.165) is 4.57 Å². The van der Waals surface area contributed by atoms with Crippen molar-refractivity contribution in [2.75, 3.05) is 12.1 Å². The molecule has 12 heteroatoms. The van der Waals surface area contributed by atoms with Crippen LogP contribution in [-0.2, 0) is 23.7 Å². The van der Waals surface area contributed by atoms with Crippen LogP contribution in [0.3, 0.4) is 0 Å². The van der Waals surface area contributed by atoms with E-state index in [4.69, 9.17) is 19.4 Å². The van der Waals surface area contributed by atoms with Gasteiger partial charge in [-0.1, -0.05) is 6.58 Å². The maximum atomic E-state index is 12.7. The monoisotopic (exact) mass is 357 g/mol. The van der Waals surface area contributed by atoms with Gasteiger partial charge in [0.1, 0.15) is 12.7 Å². The summed E-state index contributed by atoms with van der Waals surface area (Å²) in [6, 6.07) is 1.28. The third-order valence-corrected chi connectivity index (χ3v) is 3.57. The largest absolute Gasteiger partial charge is 0.509 e. The van der Waals surface area contributed by atoms with Gasteiger partial charge in [0, 0.05) is 6.20 Å². The molecule has 0 amide bonds. The van der Waals surface area contributed by atoms with E-state index in [0.29, 0.717) is 0 Å². The quantitative estimate of drug-likeness (QED) is 0.416. The van der Waals surface area contributed by atoms with Gasteiger partial charge in [0.25, 0.3) is 0 Å². The first kappa shape index (κ1) is 16.9. The zero-order valence-corrected chi connectivity index (χ0v) is 12.5. The maximum absolute atomic E-state index is 12.7. The van der Waals surface area contributed by atoms with Crippen molar-refractivity contribution >= 4 is 17.9 Å². The van der Waals surface area contributed by atoms with Crippen LogP contribution in [0.4, 0.5) is 15.0 Å². The van der Waals surface area contributed by atoms with Crippen molar-refractivity contribution in [3.05, 3.63) is 35.2 Å². The average Bonchev–Trinajstić information content (AvgIpc) is 3.10. The van der Waals surface area contributed by atoms with Crippen LogP contribution in [-0.4, -0.2) is 51.8 Å². The summed E-state index contributed by atoms with van der Waals surface area (Å²) in [6.07, 6.45) is -3.81. The Kier molecular flexibility index (Phi) is 4.37. The number of carbonyl (C=O) groups excluding carboxylic acids is 2. The highest BCUT2D eigenvalue weighted by molar-refractivity contribution is 5.85. The number of ether oxygens (including phenoxy) is 4. The fourth-order valence-electron chi connectivity index (χ4n) is 2.49. The number of rotatable bonds is 5. The van der Waals surface area contributed by atoms with E-state index in [1.807, 2.05) is 0 Å². The van der Waals surface area contributed by atoms with E-state index in [1.54, 1.807) is 5.48 Å². The minimum Gasteiger partial charge on any atom is -0.458 e. The topological polar surface area (TPSA) is 138 Å². The van der Waals surface area contributed by atoms with Crippen molar-refractivity contribution in [3.8, 4) is 0 Å². The van der Waals surface area contributed by atoms with Gasteiger partial charge in [-0.05, 0) is 6.07 Å². The standard InChI is InChI=1S/C13H12FN3O8/c1-5(14)11(18)22-4-6-8-9(25-13(20)24-8)10(23-6)17-3-2-7(16-21)15-12(17)19/h2-3,6,8-10,21H,1,4H2,(H,15,16,19)/t6-,8-,9-,10-/m1/s1. The summed E-state index contributed by atoms with van der Waals surface area (Å²) in [7, 11) is 0. The van der Waals surface area contributed by atoms with Crippen molar-refractivity contribution in [3.63, 3.8) is 0 Å². The lowest BCUT2D eigenvalue weighted by Crippen LogP contribution is -2.34. The van der Waals surface area contributed by atoms with Gasteiger partial charge >= 0.3 is 17.8 Å². The number of hydrogen-bond donors (Lipinski definition) is 2. The number of esters is 1. The number of aromatic nitrogens is 2. The van der Waals surface area contributed by atoms with Gasteiger partial charge in [-0.2, -0.15) is 9.37 Å². The Bertz CT molecular complexity index is 781. The van der Waals surface area contributed by atoms with Crippen molar-refractivity contribution in [1.29, 1.82) is 0 Å². The van der Waals surface area contributed by atoms with Gasteiger partial charge in [0.2, 0.25) is 5.83 Å². The lowest BCUT2D eigenvalue weighted by molar-refractivity contribution is -0.148. The lowest BCUT2D eigenvalue weighted by atomic mass is 10.1. The molecule has 2 fully saturated rings. The Morgan fingerprint density at radius 1 is 1.44 bits per heavy atom. The Labute approximate surface area is 138 Å². The molecule has 0 bridgehead atoms. The van der Waals surface area contributed by atoms with E-state index in [2.05, 4.69) is 16.3 Å². The van der Waals surface area contributed by atoms with Crippen LogP contribution in [0.25, 0.3) is 0 Å². The summed E-state index contributed by atoms with van der Waals surface area (Å²) in [5.74, 6) is -2.67. The van der Waals surface area contributed by atoms with Crippen LogP contribution in [0, 0.1) is 0 Å². The van der Waals surface area contributed by atoms with Crippen LogP contribution in [0.2, 0.25) is 0 Å². The molecule has 25 heavy (non-hydrogen) atoms. The fourth-order valence-corrected chi connectivity index (χ4v) is 2.49. The number of hydrogen-bond acceptors (Lipinski definition) is 10. The molecular weight excluding hydrogens is 345 g/mol. The van der Waals surface area contributed by atoms with Crippen LogP contribution >= 0.6 is 0 Å². The van der Waals surface area contributed by atoms with Gasteiger partial charge in [-0.3, -0.25) is 15.3 Å². The highest BCUT2D eigenvalue weighted by atomic mass is 19.1. The number of nitrogens with zero attached hydrogens (tertiary/aromatic N) is 2. The lowest BCUT2D eigenvalue weighted by Gasteiger charge is -2.18. The summed E-state index contributed by atoms with van der Waals surface area (Å²) in [5, 5.41) is 8.74. The van der Waals surface area contributed by atoms with Crippen LogP contribution in [0.5, 0.6) is 0 Å². The molecule has 2 aliphatic rings. The first-order chi connectivity index (χ1) is 11.9. The number of anilines is 1. The average molecular weight is 357 g/mol. The van der Waals surface area contributed by atoms with Crippen LogP contribution < -0.4 is 11.2 Å². The molecule has 0 aliphatic carbocycles. The molecule has 3 heterocycles. The van der Waals surface area contributed by atoms with E-state index in [-0.39, 0.29) is 5.82 Å². The number of nitrogens with one attached hydrogen (secondary N) is 1. The first-order valence-electron chi connectivity index (χ1n) is 6.94. The molecule has 0 radical (unpaired) electrons. The van der Waals surface area contributed by atoms with Gasteiger partial charge in [-0.25, -0.2) is 14.4 Å². The number of halogens is 1. The van der Waals surface area contributed by atoms with Crippen LogP contribution in [0.1, 0.15) is 6.23 Å². The Morgan fingerprint density at radius 3 is 2.80 bits per heavy atom. The van der Waals surface area contributed by atoms with E-state index in [1.165, 1.54) is 12.3 Å². The molecule has 0 spiro atoms. The molecule has 0 aromatic carbocycles. The summed E-state index contributed by atoms with van der Waals surface area (Å²) in [4.78, 5) is 38.1. The molecule has 11 nitrogen and oxygen atoms in total. The molecule has 2 saturated heterocycles. The zero-order valence-electron chi connectivity index (χ0n) is 12.5. The van der Waals surface area contributed by atoms with Gasteiger partial charge in [-0.15, -0.1) is 0 Å². The Balaban J connectivity index is 1.81. The maximum Gasteiger partial charge on any atom is 0.509 e. The highest BCUT2D eigenvalue weighted by Crippen LogP contribution is 2.37. The summed E-state index contributed by atoms with van der Waals surface area (Å²) in [5.41, 5.74) is 0.909. The van der Waals surface area contributed by atoms with Gasteiger partial charge in [0.05, 0.1) is 0 Å². The summed E-state index contributed by atoms with van der Waals surface area (Å²) < 4.78 is 33.8.